The molecule has 1 aliphatic heterocycles. The Balaban J connectivity index is 1.33. The maximum Gasteiger partial charge on any atom is 0.292 e. The molecule has 1 fully saturated rings. The number of nitrogens with one attached hydrogen (secondary N) is 1. The Morgan fingerprint density at radius 3 is 2.71 bits per heavy atom. The molecule has 0 bridgehead atoms. The summed E-state index contributed by atoms with van der Waals surface area (Å²) in [6.45, 7) is 0.525. The molecule has 1 saturated carbocycles. The first-order valence-corrected chi connectivity index (χ1v) is 11.9. The van der Waals surface area contributed by atoms with E-state index in [-0.39, 0.29) is 11.8 Å². The van der Waals surface area contributed by atoms with Gasteiger partial charge >= 0.3 is 0 Å². The minimum Gasteiger partial charge on any atom is -0.429 e. The van der Waals surface area contributed by atoms with E-state index in [0.29, 0.717) is 30.3 Å². The number of amides is 1. The van der Waals surface area contributed by atoms with E-state index in [1.807, 2.05) is 59.5 Å². The van der Waals surface area contributed by atoms with Crippen LogP contribution in [0.25, 0.3) is 22.5 Å². The highest BCUT2D eigenvalue weighted by atomic mass is 16.4. The van der Waals surface area contributed by atoms with Gasteiger partial charge in [-0.3, -0.25) is 14.8 Å². The molecule has 8 nitrogen and oxygen atoms in total. The van der Waals surface area contributed by atoms with Crippen molar-refractivity contribution in [1.82, 2.24) is 29.8 Å². The van der Waals surface area contributed by atoms with Gasteiger partial charge in [0.25, 0.3) is 5.91 Å². The maximum absolute atomic E-state index is 14.1. The van der Waals surface area contributed by atoms with E-state index in [0.717, 1.165) is 46.5 Å². The van der Waals surface area contributed by atoms with Crippen molar-refractivity contribution in [3.05, 3.63) is 95.7 Å². The average molecular weight is 463 g/mol. The zero-order valence-corrected chi connectivity index (χ0v) is 18.9. The fourth-order valence-electron chi connectivity index (χ4n) is 4.88. The number of pyridine rings is 2. The molecule has 172 valence electrons. The number of nitrogens with zero attached hydrogens (tertiary/aromatic N) is 5. The van der Waals surface area contributed by atoms with Crippen molar-refractivity contribution >= 4 is 16.8 Å². The maximum atomic E-state index is 14.1. The van der Waals surface area contributed by atoms with Gasteiger partial charge < -0.3 is 14.3 Å². The third-order valence-corrected chi connectivity index (χ3v) is 6.78. The lowest BCUT2D eigenvalue weighted by atomic mass is 9.98. The van der Waals surface area contributed by atoms with Crippen LogP contribution in [-0.4, -0.2) is 42.3 Å². The largest absolute Gasteiger partial charge is 0.429 e. The minimum absolute atomic E-state index is 0.185. The first-order valence-electron chi connectivity index (χ1n) is 11.9. The molecular weight excluding hydrogens is 440 g/mol. The Labute approximate surface area is 201 Å². The predicted octanol–water partition coefficient (Wildman–Crippen LogP) is 4.67. The Bertz CT molecular complexity index is 1550. The molecule has 1 N–H and O–H groups in total. The van der Waals surface area contributed by atoms with Crippen molar-refractivity contribution in [3.8, 4) is 11.6 Å². The number of aromatic amines is 1. The number of H-pyrrole nitrogens is 1. The molecule has 0 spiro atoms. The normalized spacial score (nSPS) is 17.5. The van der Waals surface area contributed by atoms with Gasteiger partial charge in [0, 0.05) is 36.2 Å². The lowest BCUT2D eigenvalue weighted by molar-refractivity contribution is 0.0654. The van der Waals surface area contributed by atoms with E-state index in [2.05, 4.69) is 15.0 Å². The van der Waals surface area contributed by atoms with Crippen LogP contribution < -0.4 is 0 Å². The second-order valence-corrected chi connectivity index (χ2v) is 9.07. The highest BCUT2D eigenvalue weighted by Gasteiger charge is 2.40. The molecule has 5 aromatic rings. The lowest BCUT2D eigenvalue weighted by Gasteiger charge is -2.34. The third kappa shape index (κ3) is 3.41. The van der Waals surface area contributed by atoms with E-state index >= 15 is 0 Å². The second-order valence-electron chi connectivity index (χ2n) is 9.07. The third-order valence-electron chi connectivity index (χ3n) is 6.78. The van der Waals surface area contributed by atoms with Gasteiger partial charge in [-0.2, -0.15) is 0 Å². The molecule has 4 aromatic heterocycles. The van der Waals surface area contributed by atoms with Crippen LogP contribution in [-0.2, 0) is 6.42 Å². The van der Waals surface area contributed by atoms with E-state index in [1.54, 1.807) is 12.5 Å². The molecule has 0 radical (unpaired) electrons. The van der Waals surface area contributed by atoms with Crippen LogP contribution >= 0.6 is 0 Å². The van der Waals surface area contributed by atoms with Gasteiger partial charge in [0.05, 0.1) is 28.9 Å². The summed E-state index contributed by atoms with van der Waals surface area (Å²) >= 11 is 0. The van der Waals surface area contributed by atoms with Crippen LogP contribution in [0, 0.1) is 0 Å². The number of carbonyl (C=O) groups is 1. The summed E-state index contributed by atoms with van der Waals surface area (Å²) in [5.41, 5.74) is 4.87. The highest BCUT2D eigenvalue weighted by Crippen LogP contribution is 2.43. The average Bonchev–Trinajstić information content (AvgIpc) is 3.47. The Morgan fingerprint density at radius 1 is 0.971 bits per heavy atom. The second kappa shape index (κ2) is 7.87. The molecule has 35 heavy (non-hydrogen) atoms. The molecule has 7 rings (SSSR count). The summed E-state index contributed by atoms with van der Waals surface area (Å²) in [4.78, 5) is 37.8. The van der Waals surface area contributed by atoms with Gasteiger partial charge in [-0.25, -0.2) is 9.97 Å². The van der Waals surface area contributed by atoms with E-state index < -0.39 is 6.04 Å². The molecule has 1 atom stereocenters. The Hall–Kier alpha value is -4.33. The summed E-state index contributed by atoms with van der Waals surface area (Å²) in [7, 11) is 0. The number of para-hydroxylation sites is 1. The number of fused-ring (bicyclic) bond motifs is 2. The fraction of sp³-hybridized carbons (Fsp3) is 0.222. The Kier molecular flexibility index (Phi) is 4.51. The summed E-state index contributed by atoms with van der Waals surface area (Å²) in [5.74, 6) is 0.750. The summed E-state index contributed by atoms with van der Waals surface area (Å²) in [5, 5.41) is 1.05. The van der Waals surface area contributed by atoms with E-state index in [9.17, 15) is 4.79 Å². The Morgan fingerprint density at radius 2 is 1.86 bits per heavy atom. The summed E-state index contributed by atoms with van der Waals surface area (Å²) < 4.78 is 6.13. The van der Waals surface area contributed by atoms with Crippen molar-refractivity contribution in [1.29, 1.82) is 0 Å². The zero-order chi connectivity index (χ0) is 23.4. The van der Waals surface area contributed by atoms with Gasteiger partial charge in [0.2, 0.25) is 11.7 Å². The van der Waals surface area contributed by atoms with Crippen LogP contribution in [0.4, 0.5) is 0 Å². The first-order chi connectivity index (χ1) is 17.3. The molecule has 1 amide bonds. The first kappa shape index (κ1) is 20.1. The van der Waals surface area contributed by atoms with Crippen LogP contribution in [0.5, 0.6) is 0 Å². The number of carbonyl (C=O) groups excluding carboxylic acids is 1. The monoisotopic (exact) mass is 462 g/mol. The minimum atomic E-state index is -0.419. The zero-order valence-electron chi connectivity index (χ0n) is 18.9. The van der Waals surface area contributed by atoms with Gasteiger partial charge in [0.15, 0.2) is 0 Å². The number of benzene rings is 1. The van der Waals surface area contributed by atoms with E-state index in [4.69, 9.17) is 14.4 Å². The van der Waals surface area contributed by atoms with Crippen LogP contribution in [0.15, 0.2) is 71.5 Å². The van der Waals surface area contributed by atoms with Crippen molar-refractivity contribution in [3.63, 3.8) is 0 Å². The predicted molar refractivity (Wildman–Crippen MR) is 129 cm³/mol. The fourth-order valence-corrected chi connectivity index (χ4v) is 4.88. The molecule has 2 aliphatic rings. The number of oxazole rings is 1. The number of imidazole rings is 1. The lowest BCUT2D eigenvalue weighted by Crippen LogP contribution is -2.41. The number of hydrogen-bond donors (Lipinski definition) is 1. The summed E-state index contributed by atoms with van der Waals surface area (Å²) in [6.07, 6.45) is 6.09. The van der Waals surface area contributed by atoms with Crippen molar-refractivity contribution < 1.29 is 9.21 Å². The number of rotatable bonds is 4. The van der Waals surface area contributed by atoms with Gasteiger partial charge in [-0.1, -0.05) is 30.3 Å². The van der Waals surface area contributed by atoms with Crippen LogP contribution in [0.1, 0.15) is 58.1 Å². The van der Waals surface area contributed by atoms with Gasteiger partial charge in [0.1, 0.15) is 11.7 Å². The van der Waals surface area contributed by atoms with Gasteiger partial charge in [-0.15, -0.1) is 0 Å². The van der Waals surface area contributed by atoms with Crippen molar-refractivity contribution in [2.24, 2.45) is 0 Å². The molecule has 1 aliphatic carbocycles. The highest BCUT2D eigenvalue weighted by molar-refractivity contribution is 5.94. The van der Waals surface area contributed by atoms with Crippen molar-refractivity contribution in [2.45, 2.75) is 31.2 Å². The quantitative estimate of drug-likeness (QED) is 0.416. The molecule has 0 unspecified atom stereocenters. The van der Waals surface area contributed by atoms with Gasteiger partial charge in [-0.05, 0) is 37.1 Å². The number of hydrogen-bond acceptors (Lipinski definition) is 6. The smallest absolute Gasteiger partial charge is 0.292 e. The standard InChI is InChI=1S/C27H22N6O2/c34-27(25-22(17-8-9-17)32-26(35-25)21-7-3-4-13-28-21)33-14-12-19-23(30-15-29-19)24(33)20-11-10-16-5-1-2-6-18(16)31-20/h1-7,10-11,13,15,17,24H,8-9,12,14H2,(H,29,30)/t24-/m0/s1. The van der Waals surface area contributed by atoms with Crippen LogP contribution in [0.2, 0.25) is 0 Å². The topological polar surface area (TPSA) is 101 Å². The summed E-state index contributed by atoms with van der Waals surface area (Å²) in [6, 6.07) is 17.2. The molecule has 1 aromatic carbocycles. The van der Waals surface area contributed by atoms with E-state index in [1.165, 1.54) is 0 Å². The van der Waals surface area contributed by atoms with Crippen LogP contribution in [0.3, 0.4) is 0 Å². The van der Waals surface area contributed by atoms with Crippen molar-refractivity contribution in [2.75, 3.05) is 6.54 Å². The molecule has 0 saturated heterocycles. The molecule has 5 heterocycles. The molecular formula is C27H22N6O2. The SMILES string of the molecule is O=C(c1oc(-c2ccccn2)nc1C1CC1)N1CCc2[nH]cnc2[C@@H]1c1ccc2ccccc2n1. The number of aromatic nitrogens is 5. The molecule has 8 heteroatoms.